The fraction of sp³-hybridized carbons (Fsp3) is 0.444. The van der Waals surface area contributed by atoms with Crippen molar-refractivity contribution >= 4 is 40.7 Å². The summed E-state index contributed by atoms with van der Waals surface area (Å²) in [6.07, 6.45) is 8.05. The molecule has 1 N–H and O–H groups in total. The molecule has 0 aromatic heterocycles. The molecule has 1 fully saturated rings. The maximum Gasteiger partial charge on any atom is 0.286 e. The first kappa shape index (κ1) is 17.6. The van der Waals surface area contributed by atoms with Gasteiger partial charge >= 0.3 is 0 Å². The molecular weight excluding hydrogens is 340 g/mol. The third-order valence-electron chi connectivity index (χ3n) is 4.36. The highest BCUT2D eigenvalue weighted by atomic mass is 32.2. The van der Waals surface area contributed by atoms with Gasteiger partial charge in [-0.25, -0.2) is 0 Å². The summed E-state index contributed by atoms with van der Waals surface area (Å²) in [5, 5.41) is 10.1. The second-order valence-electron chi connectivity index (χ2n) is 5.94. The molecule has 1 aromatic carbocycles. The van der Waals surface area contributed by atoms with Crippen LogP contribution in [0.3, 0.4) is 0 Å². The number of aliphatic imine (C=N–C) groups is 1. The number of carbonyl (C=O) groups excluding carboxylic acids is 1. The Labute approximate surface area is 151 Å². The van der Waals surface area contributed by atoms with Crippen LogP contribution >= 0.6 is 23.5 Å². The molecule has 0 spiro atoms. The van der Waals surface area contributed by atoms with Gasteiger partial charge in [0.25, 0.3) is 5.91 Å². The maximum atomic E-state index is 12.3. The van der Waals surface area contributed by atoms with E-state index in [0.717, 1.165) is 36.5 Å². The number of aliphatic hydroxyl groups excluding tert-OH is 1. The van der Waals surface area contributed by atoms with E-state index in [1.807, 2.05) is 24.5 Å². The van der Waals surface area contributed by atoms with Gasteiger partial charge < -0.3 is 10.0 Å². The van der Waals surface area contributed by atoms with Gasteiger partial charge in [0.2, 0.25) is 0 Å². The van der Waals surface area contributed by atoms with Crippen molar-refractivity contribution in [1.29, 1.82) is 0 Å². The molecule has 0 radical (unpaired) electrons. The predicted octanol–water partition coefficient (Wildman–Crippen LogP) is 3.62. The lowest BCUT2D eigenvalue weighted by atomic mass is 10.0. The van der Waals surface area contributed by atoms with Crippen LogP contribution in [0.25, 0.3) is 6.08 Å². The normalized spacial score (nSPS) is 23.0. The molecule has 2 aliphatic heterocycles. The molecule has 3 rings (SSSR count). The van der Waals surface area contributed by atoms with Crippen LogP contribution in [-0.4, -0.2) is 46.5 Å². The van der Waals surface area contributed by atoms with Gasteiger partial charge in [0.05, 0.1) is 4.91 Å². The van der Waals surface area contributed by atoms with Crippen molar-refractivity contribution < 1.29 is 9.90 Å². The molecule has 4 nitrogen and oxygen atoms in total. The van der Waals surface area contributed by atoms with Gasteiger partial charge in [0, 0.05) is 24.1 Å². The lowest BCUT2D eigenvalue weighted by molar-refractivity contribution is -0.113. The largest absolute Gasteiger partial charge is 0.396 e. The van der Waals surface area contributed by atoms with Gasteiger partial charge in [0.1, 0.15) is 0 Å². The number of likely N-dealkylation sites (tertiary alicyclic amines) is 1. The Morgan fingerprint density at radius 2 is 2.17 bits per heavy atom. The lowest BCUT2D eigenvalue weighted by Gasteiger charge is -2.36. The van der Waals surface area contributed by atoms with Crippen molar-refractivity contribution in [2.75, 3.05) is 19.4 Å². The third-order valence-corrected chi connectivity index (χ3v) is 6.12. The van der Waals surface area contributed by atoms with E-state index in [1.165, 1.54) is 23.1 Å². The number of carbonyl (C=O) groups is 1. The van der Waals surface area contributed by atoms with Crippen molar-refractivity contribution in [3.63, 3.8) is 0 Å². The van der Waals surface area contributed by atoms with Crippen LogP contribution in [0.2, 0.25) is 0 Å². The Balaban J connectivity index is 1.73. The van der Waals surface area contributed by atoms with Crippen LogP contribution in [0.4, 0.5) is 0 Å². The van der Waals surface area contributed by atoms with Crippen LogP contribution in [0.15, 0.2) is 39.1 Å². The molecule has 0 saturated carbocycles. The number of hydrogen-bond acceptors (Lipinski definition) is 5. The SMILES string of the molecule is CSc1ccc(/C=C2/SC(N3CCCC[C@@H]3CCO)=NC2=O)cc1. The zero-order chi connectivity index (χ0) is 16.9. The summed E-state index contributed by atoms with van der Waals surface area (Å²) in [4.78, 5) is 20.6. The quantitative estimate of drug-likeness (QED) is 0.655. The number of amidine groups is 1. The Hall–Kier alpha value is -1.24. The molecule has 1 amide bonds. The van der Waals surface area contributed by atoms with Gasteiger partial charge in [-0.1, -0.05) is 12.1 Å². The number of aliphatic hydroxyl groups is 1. The van der Waals surface area contributed by atoms with E-state index in [0.29, 0.717) is 10.9 Å². The number of thioether (sulfide) groups is 2. The van der Waals surface area contributed by atoms with E-state index in [2.05, 4.69) is 22.0 Å². The lowest BCUT2D eigenvalue weighted by Crippen LogP contribution is -2.42. The molecule has 6 heteroatoms. The zero-order valence-corrected chi connectivity index (χ0v) is 15.4. The van der Waals surface area contributed by atoms with Crippen LogP contribution in [0, 0.1) is 0 Å². The van der Waals surface area contributed by atoms with E-state index in [-0.39, 0.29) is 12.5 Å². The van der Waals surface area contributed by atoms with E-state index in [9.17, 15) is 9.90 Å². The molecule has 1 aromatic rings. The average molecular weight is 363 g/mol. The standard InChI is InChI=1S/C18H22N2O2S2/c1-23-15-7-5-13(6-8-15)12-16-17(22)19-18(24-16)20-10-3-2-4-14(20)9-11-21/h5-8,12,14,21H,2-4,9-11H2,1H3/b16-12+/t14-/m1/s1. The van der Waals surface area contributed by atoms with Gasteiger partial charge in [-0.2, -0.15) is 4.99 Å². The van der Waals surface area contributed by atoms with Crippen molar-refractivity contribution in [3.05, 3.63) is 34.7 Å². The molecule has 1 saturated heterocycles. The van der Waals surface area contributed by atoms with Gasteiger partial charge in [-0.3, -0.25) is 4.79 Å². The summed E-state index contributed by atoms with van der Waals surface area (Å²) < 4.78 is 0. The van der Waals surface area contributed by atoms with E-state index in [4.69, 9.17) is 0 Å². The van der Waals surface area contributed by atoms with Crippen LogP contribution in [0.1, 0.15) is 31.2 Å². The maximum absolute atomic E-state index is 12.3. The van der Waals surface area contributed by atoms with Crippen molar-refractivity contribution in [2.45, 2.75) is 36.6 Å². The van der Waals surface area contributed by atoms with E-state index in [1.54, 1.807) is 11.8 Å². The Morgan fingerprint density at radius 3 is 2.88 bits per heavy atom. The topological polar surface area (TPSA) is 52.9 Å². The summed E-state index contributed by atoms with van der Waals surface area (Å²) >= 11 is 3.16. The number of amides is 1. The molecule has 2 aliphatic rings. The highest BCUT2D eigenvalue weighted by molar-refractivity contribution is 8.18. The Bertz CT molecular complexity index is 653. The van der Waals surface area contributed by atoms with Crippen LogP contribution in [-0.2, 0) is 4.79 Å². The van der Waals surface area contributed by atoms with Gasteiger partial charge in [-0.15, -0.1) is 11.8 Å². The molecule has 0 bridgehead atoms. The first-order valence-corrected chi connectivity index (χ1v) is 10.3. The minimum atomic E-state index is -0.155. The van der Waals surface area contributed by atoms with E-state index >= 15 is 0 Å². The molecular formula is C18H22N2O2S2. The highest BCUT2D eigenvalue weighted by Gasteiger charge is 2.31. The number of nitrogens with zero attached hydrogens (tertiary/aromatic N) is 2. The number of hydrogen-bond donors (Lipinski definition) is 1. The summed E-state index contributed by atoms with van der Waals surface area (Å²) in [5.41, 5.74) is 1.02. The molecule has 2 heterocycles. The first-order chi connectivity index (χ1) is 11.7. The Morgan fingerprint density at radius 1 is 1.38 bits per heavy atom. The minimum Gasteiger partial charge on any atom is -0.396 e. The molecule has 24 heavy (non-hydrogen) atoms. The predicted molar refractivity (Wildman–Crippen MR) is 102 cm³/mol. The van der Waals surface area contributed by atoms with Crippen molar-refractivity contribution in [1.82, 2.24) is 4.90 Å². The molecule has 128 valence electrons. The number of benzene rings is 1. The van der Waals surface area contributed by atoms with Crippen LogP contribution < -0.4 is 0 Å². The minimum absolute atomic E-state index is 0.155. The van der Waals surface area contributed by atoms with Crippen molar-refractivity contribution in [3.8, 4) is 0 Å². The smallest absolute Gasteiger partial charge is 0.286 e. The van der Waals surface area contributed by atoms with Gasteiger partial charge in [-0.05, 0) is 67.5 Å². The average Bonchev–Trinajstić information content (AvgIpc) is 2.97. The fourth-order valence-electron chi connectivity index (χ4n) is 3.07. The summed E-state index contributed by atoms with van der Waals surface area (Å²) in [6.45, 7) is 1.09. The summed E-state index contributed by atoms with van der Waals surface area (Å²) in [7, 11) is 0. The second kappa shape index (κ2) is 8.23. The number of piperidine rings is 1. The zero-order valence-electron chi connectivity index (χ0n) is 13.8. The monoisotopic (exact) mass is 362 g/mol. The molecule has 0 unspecified atom stereocenters. The summed E-state index contributed by atoms with van der Waals surface area (Å²) in [6, 6.07) is 8.47. The third kappa shape index (κ3) is 4.05. The summed E-state index contributed by atoms with van der Waals surface area (Å²) in [5.74, 6) is -0.155. The molecule has 0 aliphatic carbocycles. The highest BCUT2D eigenvalue weighted by Crippen LogP contribution is 2.33. The first-order valence-electron chi connectivity index (χ1n) is 8.25. The van der Waals surface area contributed by atoms with E-state index < -0.39 is 0 Å². The van der Waals surface area contributed by atoms with Gasteiger partial charge in [0.15, 0.2) is 5.17 Å². The molecule has 1 atom stereocenters. The van der Waals surface area contributed by atoms with Crippen molar-refractivity contribution in [2.24, 2.45) is 4.99 Å². The Kier molecular flexibility index (Phi) is 6.03. The number of rotatable bonds is 4. The fourth-order valence-corrected chi connectivity index (χ4v) is 4.49. The second-order valence-corrected chi connectivity index (χ2v) is 7.83. The van der Waals surface area contributed by atoms with Crippen LogP contribution in [0.5, 0.6) is 0 Å².